The summed E-state index contributed by atoms with van der Waals surface area (Å²) in [6, 6.07) is 9.94. The van der Waals surface area contributed by atoms with Gasteiger partial charge in [0.25, 0.3) is 0 Å². The Balaban J connectivity index is 1.78. The second kappa shape index (κ2) is 12.4. The van der Waals surface area contributed by atoms with Gasteiger partial charge >= 0.3 is 6.18 Å². The van der Waals surface area contributed by atoms with E-state index in [0.717, 1.165) is 48.3 Å². The third kappa shape index (κ3) is 7.88. The number of alkyl halides is 3. The normalized spacial score (nSPS) is 15.6. The number of anilines is 2. The molecule has 2 aromatic rings. The molecule has 7 nitrogen and oxygen atoms in total. The summed E-state index contributed by atoms with van der Waals surface area (Å²) in [4.78, 5) is 39.2. The average molecular weight is 538 g/mol. The number of hydrogen-bond acceptors (Lipinski definition) is 4. The van der Waals surface area contributed by atoms with Gasteiger partial charge in [-0.3, -0.25) is 23.5 Å². The van der Waals surface area contributed by atoms with Crippen LogP contribution < -0.4 is 15.5 Å². The van der Waals surface area contributed by atoms with Crippen LogP contribution in [0.5, 0.6) is 0 Å². The highest BCUT2D eigenvalue weighted by molar-refractivity contribution is 7.86. The highest BCUT2D eigenvalue weighted by atomic mass is 32.2. The lowest BCUT2D eigenvalue weighted by molar-refractivity contribution is -0.137. The van der Waals surface area contributed by atoms with E-state index in [1.54, 1.807) is 24.3 Å². The number of carbonyl (C=O) groups excluding carboxylic acids is 3. The van der Waals surface area contributed by atoms with Crippen molar-refractivity contribution in [1.82, 2.24) is 5.32 Å². The van der Waals surface area contributed by atoms with Crippen LogP contribution in [0.3, 0.4) is 0 Å². The molecule has 0 bridgehead atoms. The summed E-state index contributed by atoms with van der Waals surface area (Å²) in [7, 11) is -2.03. The maximum Gasteiger partial charge on any atom is 0.418 e. The Morgan fingerprint density at radius 2 is 1.65 bits per heavy atom. The maximum absolute atomic E-state index is 13.8. The highest BCUT2D eigenvalue weighted by Gasteiger charge is 2.39. The molecule has 2 aromatic carbocycles. The van der Waals surface area contributed by atoms with Gasteiger partial charge in [-0.15, -0.1) is 0 Å². The van der Waals surface area contributed by atoms with Crippen molar-refractivity contribution < 1.29 is 31.8 Å². The Kier molecular flexibility index (Phi) is 9.47. The standard InChI is InChI=1S/C26H30F3N3O4S/c1-17-11-13-20(14-12-17)30-23(33)15-37(36)16-24(34)32(18(2)25(35)31-19-7-3-4-8-19)22-10-6-5-9-21(22)26(27,28)29/h5-6,9-14,18-19H,3-4,7-8,15-16H2,1-2H3,(H,30,33)(H,31,35). The van der Waals surface area contributed by atoms with Crippen molar-refractivity contribution in [3.8, 4) is 0 Å². The molecule has 1 saturated carbocycles. The first-order chi connectivity index (χ1) is 17.5. The van der Waals surface area contributed by atoms with Crippen molar-refractivity contribution in [1.29, 1.82) is 0 Å². The summed E-state index contributed by atoms with van der Waals surface area (Å²) in [5.41, 5.74) is -0.128. The topological polar surface area (TPSA) is 95.6 Å². The van der Waals surface area contributed by atoms with Gasteiger partial charge in [0, 0.05) is 22.5 Å². The summed E-state index contributed by atoms with van der Waals surface area (Å²) >= 11 is 0. The minimum Gasteiger partial charge on any atom is -0.352 e. The summed E-state index contributed by atoms with van der Waals surface area (Å²) in [5, 5.41) is 5.38. The monoisotopic (exact) mass is 537 g/mol. The number of amides is 3. The molecule has 0 spiro atoms. The maximum atomic E-state index is 13.8. The van der Waals surface area contributed by atoms with Crippen molar-refractivity contribution in [3.63, 3.8) is 0 Å². The minimum atomic E-state index is -4.79. The summed E-state index contributed by atoms with van der Waals surface area (Å²) in [6.45, 7) is 3.21. The number of hydrogen-bond donors (Lipinski definition) is 2. The molecule has 2 atom stereocenters. The predicted molar refractivity (Wildman–Crippen MR) is 136 cm³/mol. The number of nitrogens with one attached hydrogen (secondary N) is 2. The Morgan fingerprint density at radius 1 is 1.03 bits per heavy atom. The molecule has 2 N–H and O–H groups in total. The SMILES string of the molecule is Cc1ccc(NC(=O)CS(=O)CC(=O)N(c2ccccc2C(F)(F)F)C(C)C(=O)NC2CCCC2)cc1. The summed E-state index contributed by atoms with van der Waals surface area (Å²) in [6.07, 6.45) is -1.41. The van der Waals surface area contributed by atoms with Crippen molar-refractivity contribution in [2.24, 2.45) is 0 Å². The van der Waals surface area contributed by atoms with Gasteiger partial charge in [0.2, 0.25) is 17.7 Å². The van der Waals surface area contributed by atoms with Crippen LogP contribution in [0.1, 0.15) is 43.7 Å². The number of halogens is 3. The number of carbonyl (C=O) groups is 3. The zero-order chi connectivity index (χ0) is 27.2. The van der Waals surface area contributed by atoms with Crippen LogP contribution in [-0.4, -0.2) is 45.5 Å². The zero-order valence-electron chi connectivity index (χ0n) is 20.6. The van der Waals surface area contributed by atoms with Gasteiger partial charge in [0.15, 0.2) is 0 Å². The van der Waals surface area contributed by atoms with Crippen LogP contribution in [0.15, 0.2) is 48.5 Å². The van der Waals surface area contributed by atoms with Crippen LogP contribution >= 0.6 is 0 Å². The van der Waals surface area contributed by atoms with Crippen molar-refractivity contribution in [2.75, 3.05) is 21.7 Å². The number of benzene rings is 2. The van der Waals surface area contributed by atoms with E-state index in [1.807, 2.05) is 6.92 Å². The zero-order valence-corrected chi connectivity index (χ0v) is 21.5. The summed E-state index contributed by atoms with van der Waals surface area (Å²) < 4.78 is 54.0. The second-order valence-corrected chi connectivity index (χ2v) is 10.5. The van der Waals surface area contributed by atoms with Crippen molar-refractivity contribution in [2.45, 2.75) is 57.8 Å². The molecule has 0 aliphatic heterocycles. The molecule has 2 unspecified atom stereocenters. The van der Waals surface area contributed by atoms with E-state index >= 15 is 0 Å². The smallest absolute Gasteiger partial charge is 0.352 e. The van der Waals surface area contributed by atoms with Gasteiger partial charge in [-0.2, -0.15) is 13.2 Å². The lowest BCUT2D eigenvalue weighted by Gasteiger charge is -2.31. The number of aryl methyl sites for hydroxylation is 1. The first-order valence-corrected chi connectivity index (χ1v) is 13.4. The van der Waals surface area contributed by atoms with Gasteiger partial charge in [0.05, 0.1) is 11.3 Å². The molecule has 1 fully saturated rings. The Bertz CT molecular complexity index is 1150. The van der Waals surface area contributed by atoms with Gasteiger partial charge in [-0.1, -0.05) is 42.7 Å². The Labute approximate surface area is 216 Å². The number of nitrogens with zero attached hydrogens (tertiary/aromatic N) is 1. The molecule has 1 aliphatic rings. The molecule has 3 rings (SSSR count). The van der Waals surface area contributed by atoms with Gasteiger partial charge in [-0.25, -0.2) is 0 Å². The van der Waals surface area contributed by atoms with Crippen molar-refractivity contribution >= 4 is 39.9 Å². The van der Waals surface area contributed by atoms with Gasteiger partial charge < -0.3 is 10.6 Å². The second-order valence-electron chi connectivity index (χ2n) is 9.09. The third-order valence-electron chi connectivity index (χ3n) is 6.12. The van der Waals surface area contributed by atoms with E-state index in [0.29, 0.717) is 5.69 Å². The third-order valence-corrected chi connectivity index (χ3v) is 7.27. The average Bonchev–Trinajstić information content (AvgIpc) is 3.33. The molecular weight excluding hydrogens is 507 g/mol. The molecule has 37 heavy (non-hydrogen) atoms. The molecular formula is C26H30F3N3O4S. The quantitative estimate of drug-likeness (QED) is 0.502. The largest absolute Gasteiger partial charge is 0.418 e. The van der Waals surface area contributed by atoms with E-state index in [-0.39, 0.29) is 6.04 Å². The van der Waals surface area contributed by atoms with E-state index < -0.39 is 63.5 Å². The number of para-hydroxylation sites is 1. The summed E-state index contributed by atoms with van der Waals surface area (Å²) in [5.74, 6) is -3.41. The Hall–Kier alpha value is -3.21. The molecule has 0 radical (unpaired) electrons. The number of rotatable bonds is 9. The molecule has 0 heterocycles. The fourth-order valence-electron chi connectivity index (χ4n) is 4.23. The lowest BCUT2D eigenvalue weighted by atomic mass is 10.1. The predicted octanol–water partition coefficient (Wildman–Crippen LogP) is 4.18. The van der Waals surface area contributed by atoms with Gasteiger partial charge in [0.1, 0.15) is 17.5 Å². The lowest BCUT2D eigenvalue weighted by Crippen LogP contribution is -2.52. The first-order valence-electron chi connectivity index (χ1n) is 12.0. The van der Waals surface area contributed by atoms with Crippen LogP contribution in [-0.2, 0) is 31.4 Å². The molecule has 0 saturated heterocycles. The fourth-order valence-corrected chi connectivity index (χ4v) is 5.11. The first kappa shape index (κ1) is 28.4. The fraction of sp³-hybridized carbons (Fsp3) is 0.423. The van der Waals surface area contributed by atoms with Gasteiger partial charge in [-0.05, 0) is 51.0 Å². The molecule has 0 aromatic heterocycles. The minimum absolute atomic E-state index is 0.107. The van der Waals surface area contributed by atoms with Crippen LogP contribution in [0.25, 0.3) is 0 Å². The molecule has 3 amide bonds. The van der Waals surface area contributed by atoms with E-state index in [9.17, 15) is 31.8 Å². The van der Waals surface area contributed by atoms with Crippen LogP contribution in [0.4, 0.5) is 24.5 Å². The van der Waals surface area contributed by atoms with Crippen molar-refractivity contribution in [3.05, 3.63) is 59.7 Å². The van der Waals surface area contributed by atoms with E-state index in [1.165, 1.54) is 19.1 Å². The highest BCUT2D eigenvalue weighted by Crippen LogP contribution is 2.37. The van der Waals surface area contributed by atoms with Crippen LogP contribution in [0.2, 0.25) is 0 Å². The van der Waals surface area contributed by atoms with E-state index in [4.69, 9.17) is 0 Å². The molecule has 200 valence electrons. The van der Waals surface area contributed by atoms with E-state index in [2.05, 4.69) is 10.6 Å². The molecule has 11 heteroatoms. The Morgan fingerprint density at radius 3 is 2.27 bits per heavy atom. The van der Waals surface area contributed by atoms with Crippen LogP contribution in [0, 0.1) is 6.92 Å². The molecule has 1 aliphatic carbocycles.